The van der Waals surface area contributed by atoms with Crippen LogP contribution in [0.15, 0.2) is 18.3 Å². The maximum atomic E-state index is 8.69. The lowest BCUT2D eigenvalue weighted by Gasteiger charge is -2.37. The van der Waals surface area contributed by atoms with Gasteiger partial charge in [0.1, 0.15) is 11.9 Å². The van der Waals surface area contributed by atoms with Crippen molar-refractivity contribution in [3.05, 3.63) is 23.9 Å². The smallest absolute Gasteiger partial charge is 0.128 e. The number of hydrogen-bond acceptors (Lipinski definition) is 4. The second-order valence-electron chi connectivity index (χ2n) is 4.66. The number of hydrogen-bond donors (Lipinski definition) is 1. The number of rotatable bonds is 1. The Hall–Kier alpha value is -1.60. The molecule has 2 heterocycles. The first-order valence-corrected chi connectivity index (χ1v) is 5.51. The lowest BCUT2D eigenvalue weighted by Crippen LogP contribution is -2.48. The zero-order valence-electron chi connectivity index (χ0n) is 9.48. The van der Waals surface area contributed by atoms with E-state index in [9.17, 15) is 0 Å². The standard InChI is InChI=1S/C12H16N4/c1-12(14)4-6-16(7-5-12)11-3-2-10(8-13)9-15-11/h2-3,9H,4-7,14H2,1H3. The molecule has 84 valence electrons. The third-order valence-electron chi connectivity index (χ3n) is 3.11. The molecule has 0 saturated carbocycles. The molecule has 0 bridgehead atoms. The normalized spacial score (nSPS) is 19.2. The van der Waals surface area contributed by atoms with Crippen LogP contribution in [0, 0.1) is 11.3 Å². The van der Waals surface area contributed by atoms with E-state index in [1.165, 1.54) is 0 Å². The minimum Gasteiger partial charge on any atom is -0.356 e. The van der Waals surface area contributed by atoms with Gasteiger partial charge in [0.2, 0.25) is 0 Å². The average Bonchev–Trinajstić information content (AvgIpc) is 2.29. The molecule has 0 aliphatic carbocycles. The first kappa shape index (κ1) is 10.9. The molecule has 1 saturated heterocycles. The molecule has 1 fully saturated rings. The summed E-state index contributed by atoms with van der Waals surface area (Å²) in [6.07, 6.45) is 3.58. The van der Waals surface area contributed by atoms with E-state index >= 15 is 0 Å². The molecule has 4 heteroatoms. The second kappa shape index (κ2) is 4.11. The summed E-state index contributed by atoms with van der Waals surface area (Å²) in [5.74, 6) is 0.939. The summed E-state index contributed by atoms with van der Waals surface area (Å²) >= 11 is 0. The van der Waals surface area contributed by atoms with E-state index in [0.29, 0.717) is 5.56 Å². The molecule has 1 aliphatic rings. The summed E-state index contributed by atoms with van der Waals surface area (Å²) in [5, 5.41) is 8.69. The lowest BCUT2D eigenvalue weighted by molar-refractivity contribution is 0.363. The Labute approximate surface area is 95.7 Å². The fourth-order valence-electron chi connectivity index (χ4n) is 1.89. The van der Waals surface area contributed by atoms with Crippen molar-refractivity contribution in [3.8, 4) is 6.07 Å². The van der Waals surface area contributed by atoms with Crippen molar-refractivity contribution in [3.63, 3.8) is 0 Å². The number of nitriles is 1. The molecule has 2 N–H and O–H groups in total. The largest absolute Gasteiger partial charge is 0.356 e. The highest BCUT2D eigenvalue weighted by Gasteiger charge is 2.26. The molecular formula is C12H16N4. The van der Waals surface area contributed by atoms with Crippen LogP contribution in [-0.4, -0.2) is 23.6 Å². The van der Waals surface area contributed by atoms with Crippen LogP contribution in [0.1, 0.15) is 25.3 Å². The van der Waals surface area contributed by atoms with Crippen LogP contribution in [0.2, 0.25) is 0 Å². The highest BCUT2D eigenvalue weighted by Crippen LogP contribution is 2.22. The molecule has 0 aromatic carbocycles. The van der Waals surface area contributed by atoms with Crippen LogP contribution in [0.25, 0.3) is 0 Å². The topological polar surface area (TPSA) is 65.9 Å². The second-order valence-corrected chi connectivity index (χ2v) is 4.66. The molecule has 0 unspecified atom stereocenters. The van der Waals surface area contributed by atoms with E-state index in [4.69, 9.17) is 11.0 Å². The number of pyridine rings is 1. The lowest BCUT2D eigenvalue weighted by atomic mass is 9.91. The molecule has 0 atom stereocenters. The van der Waals surface area contributed by atoms with Gasteiger partial charge in [0.05, 0.1) is 5.56 Å². The van der Waals surface area contributed by atoms with Crippen molar-refractivity contribution in [2.45, 2.75) is 25.3 Å². The minimum atomic E-state index is -0.0386. The molecule has 1 aromatic heterocycles. The van der Waals surface area contributed by atoms with Gasteiger partial charge < -0.3 is 10.6 Å². The molecule has 4 nitrogen and oxygen atoms in total. The maximum absolute atomic E-state index is 8.69. The van der Waals surface area contributed by atoms with E-state index in [2.05, 4.69) is 22.9 Å². The van der Waals surface area contributed by atoms with Crippen LogP contribution in [-0.2, 0) is 0 Å². The molecular weight excluding hydrogens is 200 g/mol. The molecule has 2 rings (SSSR count). The van der Waals surface area contributed by atoms with E-state index in [0.717, 1.165) is 31.7 Å². The summed E-state index contributed by atoms with van der Waals surface area (Å²) < 4.78 is 0. The maximum Gasteiger partial charge on any atom is 0.128 e. The number of anilines is 1. The SMILES string of the molecule is CC1(N)CCN(c2ccc(C#N)cn2)CC1. The van der Waals surface area contributed by atoms with Crippen LogP contribution in [0.3, 0.4) is 0 Å². The molecule has 1 aliphatic heterocycles. The quantitative estimate of drug-likeness (QED) is 0.767. The minimum absolute atomic E-state index is 0.0386. The fraction of sp³-hybridized carbons (Fsp3) is 0.500. The predicted octanol–water partition coefficient (Wildman–Crippen LogP) is 1.27. The van der Waals surface area contributed by atoms with Gasteiger partial charge in [-0.1, -0.05) is 0 Å². The number of piperidine rings is 1. The van der Waals surface area contributed by atoms with Crippen molar-refractivity contribution < 1.29 is 0 Å². The van der Waals surface area contributed by atoms with E-state index in [1.54, 1.807) is 12.3 Å². The number of aromatic nitrogens is 1. The van der Waals surface area contributed by atoms with Crippen LogP contribution in [0.5, 0.6) is 0 Å². The molecule has 0 amide bonds. The van der Waals surface area contributed by atoms with Crippen molar-refractivity contribution >= 4 is 5.82 Å². The summed E-state index contributed by atoms with van der Waals surface area (Å²) in [6.45, 7) is 3.97. The fourth-order valence-corrected chi connectivity index (χ4v) is 1.89. The zero-order chi connectivity index (χ0) is 11.6. The Morgan fingerprint density at radius 2 is 2.12 bits per heavy atom. The monoisotopic (exact) mass is 216 g/mol. The number of nitrogens with two attached hydrogens (primary N) is 1. The van der Waals surface area contributed by atoms with Gasteiger partial charge in [-0.15, -0.1) is 0 Å². The Bertz CT molecular complexity index is 392. The van der Waals surface area contributed by atoms with Gasteiger partial charge in [0, 0.05) is 24.8 Å². The van der Waals surface area contributed by atoms with E-state index < -0.39 is 0 Å². The highest BCUT2D eigenvalue weighted by atomic mass is 15.2. The third kappa shape index (κ3) is 2.31. The summed E-state index contributed by atoms with van der Waals surface area (Å²) in [5.41, 5.74) is 6.64. The highest BCUT2D eigenvalue weighted by molar-refractivity contribution is 5.42. The van der Waals surface area contributed by atoms with Crippen molar-refractivity contribution in [1.29, 1.82) is 5.26 Å². The van der Waals surface area contributed by atoms with Gasteiger partial charge in [0.25, 0.3) is 0 Å². The molecule has 0 radical (unpaired) electrons. The Morgan fingerprint density at radius 1 is 1.44 bits per heavy atom. The summed E-state index contributed by atoms with van der Waals surface area (Å²) in [7, 11) is 0. The van der Waals surface area contributed by atoms with Gasteiger partial charge in [-0.05, 0) is 31.9 Å². The molecule has 0 spiro atoms. The number of nitrogens with zero attached hydrogens (tertiary/aromatic N) is 3. The summed E-state index contributed by atoms with van der Waals surface area (Å²) in [6, 6.07) is 5.77. The van der Waals surface area contributed by atoms with Crippen LogP contribution >= 0.6 is 0 Å². The summed E-state index contributed by atoms with van der Waals surface area (Å²) in [4.78, 5) is 6.50. The van der Waals surface area contributed by atoms with Crippen molar-refractivity contribution in [2.75, 3.05) is 18.0 Å². The van der Waals surface area contributed by atoms with E-state index in [1.807, 2.05) is 6.07 Å². The molecule has 16 heavy (non-hydrogen) atoms. The van der Waals surface area contributed by atoms with Gasteiger partial charge in [-0.2, -0.15) is 5.26 Å². The zero-order valence-corrected chi connectivity index (χ0v) is 9.48. The molecule has 1 aromatic rings. The third-order valence-corrected chi connectivity index (χ3v) is 3.11. The Morgan fingerprint density at radius 3 is 2.62 bits per heavy atom. The van der Waals surface area contributed by atoms with Crippen LogP contribution in [0.4, 0.5) is 5.82 Å². The van der Waals surface area contributed by atoms with Crippen molar-refractivity contribution in [1.82, 2.24) is 4.98 Å². The predicted molar refractivity (Wildman–Crippen MR) is 63.0 cm³/mol. The average molecular weight is 216 g/mol. The van der Waals surface area contributed by atoms with Gasteiger partial charge in [0.15, 0.2) is 0 Å². The van der Waals surface area contributed by atoms with Gasteiger partial charge in [-0.25, -0.2) is 4.98 Å². The first-order valence-electron chi connectivity index (χ1n) is 5.51. The van der Waals surface area contributed by atoms with Crippen LogP contribution < -0.4 is 10.6 Å². The van der Waals surface area contributed by atoms with Gasteiger partial charge >= 0.3 is 0 Å². The Kier molecular flexibility index (Phi) is 2.80. The van der Waals surface area contributed by atoms with E-state index in [-0.39, 0.29) is 5.54 Å². The van der Waals surface area contributed by atoms with Crippen molar-refractivity contribution in [2.24, 2.45) is 5.73 Å². The first-order chi connectivity index (χ1) is 7.61. The Balaban J connectivity index is 2.06. The van der Waals surface area contributed by atoms with Gasteiger partial charge in [-0.3, -0.25) is 0 Å².